The van der Waals surface area contributed by atoms with Crippen LogP contribution in [0.15, 0.2) is 18.2 Å². The first-order valence-electron chi connectivity index (χ1n) is 6.77. The average Bonchev–Trinajstić information content (AvgIpc) is 2.93. The van der Waals surface area contributed by atoms with Crippen molar-refractivity contribution in [2.24, 2.45) is 0 Å². The summed E-state index contributed by atoms with van der Waals surface area (Å²) in [4.78, 5) is 12.4. The Morgan fingerprint density at radius 2 is 2.25 bits per heavy atom. The van der Waals surface area contributed by atoms with Crippen LogP contribution in [0.2, 0.25) is 0 Å². The Kier molecular flexibility index (Phi) is 2.97. The molecule has 0 saturated carbocycles. The van der Waals surface area contributed by atoms with Crippen LogP contribution in [-0.2, 0) is 6.42 Å². The molecule has 1 aliphatic rings. The van der Waals surface area contributed by atoms with Crippen molar-refractivity contribution in [1.29, 1.82) is 0 Å². The smallest absolute Gasteiger partial charge is 0.255 e. The number of aromatic amines is 1. The highest BCUT2D eigenvalue weighted by molar-refractivity contribution is 5.96. The van der Waals surface area contributed by atoms with Gasteiger partial charge in [-0.25, -0.2) is 0 Å². The number of carbonyl (C=O) groups is 1. The molecule has 1 unspecified atom stereocenters. The number of nitrogen functional groups attached to an aromatic ring is 1. The monoisotopic (exact) mass is 270 g/mol. The lowest BCUT2D eigenvalue weighted by atomic mass is 10.1. The average molecular weight is 270 g/mol. The molecule has 5 heteroatoms. The third-order valence-corrected chi connectivity index (χ3v) is 3.91. The third-order valence-electron chi connectivity index (χ3n) is 3.91. The highest BCUT2D eigenvalue weighted by atomic mass is 16.1. The van der Waals surface area contributed by atoms with E-state index in [1.165, 1.54) is 11.1 Å². The van der Waals surface area contributed by atoms with Gasteiger partial charge in [-0.05, 0) is 49.9 Å². The Balaban J connectivity index is 1.83. The van der Waals surface area contributed by atoms with Crippen molar-refractivity contribution in [3.8, 4) is 0 Å². The van der Waals surface area contributed by atoms with Gasteiger partial charge in [-0.15, -0.1) is 0 Å². The number of aromatic nitrogens is 2. The van der Waals surface area contributed by atoms with E-state index in [0.717, 1.165) is 29.9 Å². The van der Waals surface area contributed by atoms with Crippen LogP contribution in [0.3, 0.4) is 0 Å². The van der Waals surface area contributed by atoms with Crippen LogP contribution in [0.1, 0.15) is 45.3 Å². The van der Waals surface area contributed by atoms with Crippen molar-refractivity contribution in [3.63, 3.8) is 0 Å². The van der Waals surface area contributed by atoms with Crippen LogP contribution >= 0.6 is 0 Å². The van der Waals surface area contributed by atoms with E-state index in [4.69, 9.17) is 5.73 Å². The minimum Gasteiger partial charge on any atom is -0.399 e. The van der Waals surface area contributed by atoms with E-state index < -0.39 is 0 Å². The zero-order valence-corrected chi connectivity index (χ0v) is 11.7. The number of hydrogen-bond acceptors (Lipinski definition) is 3. The number of nitrogens with two attached hydrogens (primary N) is 1. The van der Waals surface area contributed by atoms with Crippen LogP contribution in [0, 0.1) is 13.8 Å². The van der Waals surface area contributed by atoms with E-state index in [1.54, 1.807) is 0 Å². The van der Waals surface area contributed by atoms with Crippen LogP contribution in [-0.4, -0.2) is 16.1 Å². The van der Waals surface area contributed by atoms with E-state index in [1.807, 2.05) is 32.0 Å². The fraction of sp³-hybridized carbons (Fsp3) is 0.333. The maximum atomic E-state index is 12.4. The third kappa shape index (κ3) is 2.05. The number of fused-ring (bicyclic) bond motifs is 1. The molecular formula is C15H18N4O. The topological polar surface area (TPSA) is 83.8 Å². The number of nitrogens with one attached hydrogen (secondary N) is 2. The normalized spacial score (nSPS) is 17.0. The number of amides is 1. The second-order valence-electron chi connectivity index (χ2n) is 5.33. The molecule has 4 N–H and O–H groups in total. The molecule has 0 fully saturated rings. The van der Waals surface area contributed by atoms with Gasteiger partial charge in [0.25, 0.3) is 5.91 Å². The summed E-state index contributed by atoms with van der Waals surface area (Å²) in [5.41, 5.74) is 11.2. The zero-order valence-electron chi connectivity index (χ0n) is 11.7. The van der Waals surface area contributed by atoms with Gasteiger partial charge in [0.05, 0.1) is 17.3 Å². The first-order chi connectivity index (χ1) is 9.56. The second-order valence-corrected chi connectivity index (χ2v) is 5.33. The van der Waals surface area contributed by atoms with Crippen LogP contribution in [0.5, 0.6) is 0 Å². The largest absolute Gasteiger partial charge is 0.399 e. The molecule has 2 aromatic rings. The molecule has 1 amide bonds. The summed E-state index contributed by atoms with van der Waals surface area (Å²) in [6, 6.07) is 5.96. The van der Waals surface area contributed by atoms with Gasteiger partial charge in [-0.2, -0.15) is 5.10 Å². The first-order valence-corrected chi connectivity index (χ1v) is 6.77. The quantitative estimate of drug-likeness (QED) is 0.730. The van der Waals surface area contributed by atoms with E-state index in [0.29, 0.717) is 5.56 Å². The summed E-state index contributed by atoms with van der Waals surface area (Å²) >= 11 is 0. The van der Waals surface area contributed by atoms with Gasteiger partial charge in [0, 0.05) is 11.4 Å². The fourth-order valence-corrected chi connectivity index (χ4v) is 2.90. The second kappa shape index (κ2) is 4.67. The molecule has 0 radical (unpaired) electrons. The Labute approximate surface area is 117 Å². The lowest BCUT2D eigenvalue weighted by Gasteiger charge is -2.14. The van der Waals surface area contributed by atoms with Crippen molar-refractivity contribution in [2.75, 3.05) is 5.73 Å². The molecule has 5 nitrogen and oxygen atoms in total. The Hall–Kier alpha value is -2.30. The fourth-order valence-electron chi connectivity index (χ4n) is 2.90. The number of benzene rings is 1. The summed E-state index contributed by atoms with van der Waals surface area (Å²) in [5, 5.41) is 10.0. The van der Waals surface area contributed by atoms with Gasteiger partial charge < -0.3 is 11.1 Å². The minimum atomic E-state index is -0.0663. The number of hydrogen-bond donors (Lipinski definition) is 3. The standard InChI is InChI=1S/C15H18N4O/c1-8-14(9(2)19-18-8)15(20)17-13-6-3-10-7-11(16)4-5-12(10)13/h4-5,7,13H,3,6,16H2,1-2H3,(H,17,20)(H,18,19). The molecule has 0 aliphatic heterocycles. The Morgan fingerprint density at radius 3 is 2.95 bits per heavy atom. The lowest BCUT2D eigenvalue weighted by Crippen LogP contribution is -2.28. The summed E-state index contributed by atoms with van der Waals surface area (Å²) < 4.78 is 0. The predicted octanol–water partition coefficient (Wildman–Crippen LogP) is 2.03. The molecule has 0 saturated heterocycles. The van der Waals surface area contributed by atoms with E-state index in [2.05, 4.69) is 15.5 Å². The van der Waals surface area contributed by atoms with Crippen molar-refractivity contribution >= 4 is 11.6 Å². The van der Waals surface area contributed by atoms with Crippen LogP contribution < -0.4 is 11.1 Å². The van der Waals surface area contributed by atoms with Gasteiger partial charge in [0.2, 0.25) is 0 Å². The van der Waals surface area contributed by atoms with Crippen LogP contribution in [0.4, 0.5) is 5.69 Å². The number of H-pyrrole nitrogens is 1. The molecule has 1 heterocycles. The number of carbonyl (C=O) groups excluding carboxylic acids is 1. The van der Waals surface area contributed by atoms with Gasteiger partial charge in [-0.3, -0.25) is 9.89 Å². The molecule has 1 aromatic heterocycles. The molecule has 0 bridgehead atoms. The molecule has 1 atom stereocenters. The Bertz CT molecular complexity index is 655. The van der Waals surface area contributed by atoms with Crippen molar-refractivity contribution < 1.29 is 4.79 Å². The highest BCUT2D eigenvalue weighted by Crippen LogP contribution is 2.32. The first kappa shape index (κ1) is 12.7. The maximum Gasteiger partial charge on any atom is 0.255 e. The van der Waals surface area contributed by atoms with Gasteiger partial charge in [0.1, 0.15) is 0 Å². The van der Waals surface area contributed by atoms with Crippen LogP contribution in [0.25, 0.3) is 0 Å². The van der Waals surface area contributed by atoms with Gasteiger partial charge in [-0.1, -0.05) is 6.07 Å². The van der Waals surface area contributed by atoms with E-state index in [-0.39, 0.29) is 11.9 Å². The van der Waals surface area contributed by atoms with Gasteiger partial charge >= 0.3 is 0 Å². The van der Waals surface area contributed by atoms with E-state index >= 15 is 0 Å². The number of anilines is 1. The molecule has 0 spiro atoms. The summed E-state index contributed by atoms with van der Waals surface area (Å²) in [5.74, 6) is -0.0663. The molecule has 20 heavy (non-hydrogen) atoms. The number of aryl methyl sites for hydroxylation is 3. The molecule has 1 aliphatic carbocycles. The summed E-state index contributed by atoms with van der Waals surface area (Å²) in [6.45, 7) is 3.69. The van der Waals surface area contributed by atoms with Crippen molar-refractivity contribution in [1.82, 2.24) is 15.5 Å². The summed E-state index contributed by atoms with van der Waals surface area (Å²) in [6.07, 6.45) is 1.87. The Morgan fingerprint density at radius 1 is 1.45 bits per heavy atom. The number of nitrogens with zero attached hydrogens (tertiary/aromatic N) is 1. The molecule has 3 rings (SSSR count). The van der Waals surface area contributed by atoms with Crippen molar-refractivity contribution in [2.45, 2.75) is 32.7 Å². The number of rotatable bonds is 2. The van der Waals surface area contributed by atoms with Gasteiger partial charge in [0.15, 0.2) is 0 Å². The van der Waals surface area contributed by atoms with E-state index in [9.17, 15) is 4.79 Å². The highest BCUT2D eigenvalue weighted by Gasteiger charge is 2.26. The predicted molar refractivity (Wildman–Crippen MR) is 77.4 cm³/mol. The lowest BCUT2D eigenvalue weighted by molar-refractivity contribution is 0.0935. The maximum absolute atomic E-state index is 12.4. The molecule has 1 aromatic carbocycles. The SMILES string of the molecule is Cc1n[nH]c(C)c1C(=O)NC1CCc2cc(N)ccc21. The zero-order chi connectivity index (χ0) is 14.3. The van der Waals surface area contributed by atoms with Crippen molar-refractivity contribution in [3.05, 3.63) is 46.3 Å². The minimum absolute atomic E-state index is 0.0619. The summed E-state index contributed by atoms with van der Waals surface area (Å²) in [7, 11) is 0. The molecule has 104 valence electrons. The molecular weight excluding hydrogens is 252 g/mol.